The molecule has 0 aliphatic rings. The Morgan fingerprint density at radius 3 is 2.31 bits per heavy atom. The van der Waals surface area contributed by atoms with E-state index >= 15 is 0 Å². The van der Waals surface area contributed by atoms with E-state index in [2.05, 4.69) is 4.72 Å². The summed E-state index contributed by atoms with van der Waals surface area (Å²) < 4.78 is 34.4. The second kappa shape index (κ2) is 9.93. The van der Waals surface area contributed by atoms with Crippen LogP contribution in [0.1, 0.15) is 19.4 Å². The van der Waals surface area contributed by atoms with Crippen molar-refractivity contribution in [2.45, 2.75) is 32.5 Å². The zero-order valence-corrected chi connectivity index (χ0v) is 15.7. The number of allylic oxidation sites excluding steroid dienone is 1. The van der Waals surface area contributed by atoms with Crippen molar-refractivity contribution in [2.75, 3.05) is 17.6 Å². The fourth-order valence-corrected chi connectivity index (χ4v) is 2.56. The maximum atomic E-state index is 11.2. The molecule has 0 saturated carbocycles. The van der Waals surface area contributed by atoms with Gasteiger partial charge in [0.15, 0.2) is 0 Å². The fourth-order valence-electron chi connectivity index (χ4n) is 2.00. The number of hydrogen-bond acceptors (Lipinski definition) is 7. The second-order valence-corrected chi connectivity index (χ2v) is 7.40. The number of benzene rings is 1. The van der Waals surface area contributed by atoms with E-state index < -0.39 is 34.2 Å². The quantitative estimate of drug-likeness (QED) is 0.481. The number of ether oxygens (including phenoxy) is 2. The molecule has 9 heteroatoms. The molecule has 26 heavy (non-hydrogen) atoms. The van der Waals surface area contributed by atoms with E-state index in [1.807, 2.05) is 0 Å². The summed E-state index contributed by atoms with van der Waals surface area (Å²) in [6, 6.07) is 6.74. The minimum atomic E-state index is -3.33. The average molecular weight is 385 g/mol. The number of carbonyl (C=O) groups excluding carboxylic acids is 2. The first kappa shape index (κ1) is 21.7. The van der Waals surface area contributed by atoms with Gasteiger partial charge >= 0.3 is 11.9 Å². The number of nitrogens with one attached hydrogen (secondary N) is 1. The maximum absolute atomic E-state index is 11.2. The molecule has 8 nitrogen and oxygen atoms in total. The van der Waals surface area contributed by atoms with Crippen LogP contribution in [0.3, 0.4) is 0 Å². The summed E-state index contributed by atoms with van der Waals surface area (Å²) in [6.45, 7) is 2.14. The van der Waals surface area contributed by atoms with Crippen LogP contribution in [0, 0.1) is 0 Å². The molecule has 0 aliphatic carbocycles. The number of hydrogen-bond donors (Lipinski definition) is 2. The first-order valence-corrected chi connectivity index (χ1v) is 9.68. The Morgan fingerprint density at radius 1 is 1.19 bits per heavy atom. The number of aliphatic hydroxyl groups excluding tert-OH is 1. The highest BCUT2D eigenvalue weighted by Gasteiger charge is 2.20. The lowest BCUT2D eigenvalue weighted by Crippen LogP contribution is -2.33. The van der Waals surface area contributed by atoms with Crippen LogP contribution in [0.5, 0.6) is 0 Å². The van der Waals surface area contributed by atoms with Gasteiger partial charge in [0.05, 0.1) is 6.26 Å². The zero-order valence-electron chi connectivity index (χ0n) is 14.8. The highest BCUT2D eigenvalue weighted by molar-refractivity contribution is 7.92. The van der Waals surface area contributed by atoms with Crippen LogP contribution in [0.2, 0.25) is 0 Å². The normalized spacial score (nSPS) is 13.8. The van der Waals surface area contributed by atoms with Crippen molar-refractivity contribution in [3.63, 3.8) is 0 Å². The van der Waals surface area contributed by atoms with Crippen LogP contribution in [0.25, 0.3) is 0 Å². The summed E-state index contributed by atoms with van der Waals surface area (Å²) in [5.41, 5.74) is 1.34. The van der Waals surface area contributed by atoms with E-state index in [4.69, 9.17) is 9.47 Å². The number of carbonyl (C=O) groups is 2. The van der Waals surface area contributed by atoms with Gasteiger partial charge in [0.1, 0.15) is 18.8 Å². The van der Waals surface area contributed by atoms with Crippen molar-refractivity contribution < 1.29 is 32.6 Å². The van der Waals surface area contributed by atoms with Crippen molar-refractivity contribution in [1.82, 2.24) is 0 Å². The van der Waals surface area contributed by atoms with E-state index in [0.717, 1.165) is 11.8 Å². The van der Waals surface area contributed by atoms with E-state index in [-0.39, 0.29) is 6.61 Å². The molecule has 1 aromatic carbocycles. The molecule has 2 N–H and O–H groups in total. The molecule has 0 spiro atoms. The molecule has 0 aliphatic heterocycles. The van der Waals surface area contributed by atoms with Crippen LogP contribution < -0.4 is 4.72 Å². The number of sulfonamides is 1. The molecule has 0 amide bonds. The van der Waals surface area contributed by atoms with E-state index in [1.165, 1.54) is 19.9 Å². The Morgan fingerprint density at radius 2 is 1.81 bits per heavy atom. The lowest BCUT2D eigenvalue weighted by atomic mass is 10.1. The molecule has 1 aromatic rings. The predicted molar refractivity (Wildman–Crippen MR) is 95.9 cm³/mol. The molecular weight excluding hydrogens is 362 g/mol. The molecule has 0 saturated heterocycles. The van der Waals surface area contributed by atoms with Gasteiger partial charge in [-0.05, 0) is 30.2 Å². The van der Waals surface area contributed by atoms with E-state index in [0.29, 0.717) is 12.1 Å². The van der Waals surface area contributed by atoms with Crippen molar-refractivity contribution in [2.24, 2.45) is 0 Å². The van der Waals surface area contributed by atoms with Crippen LogP contribution in [-0.4, -0.2) is 50.5 Å². The van der Waals surface area contributed by atoms with Gasteiger partial charge in [0.25, 0.3) is 0 Å². The van der Waals surface area contributed by atoms with Crippen LogP contribution in [-0.2, 0) is 35.5 Å². The van der Waals surface area contributed by atoms with Crippen molar-refractivity contribution in [1.29, 1.82) is 0 Å². The molecule has 0 aromatic heterocycles. The van der Waals surface area contributed by atoms with E-state index in [9.17, 15) is 23.1 Å². The first-order valence-electron chi connectivity index (χ1n) is 7.79. The molecule has 0 heterocycles. The third-order valence-corrected chi connectivity index (χ3v) is 3.68. The number of rotatable bonds is 9. The third-order valence-electron chi connectivity index (χ3n) is 3.08. The highest BCUT2D eigenvalue weighted by Crippen LogP contribution is 2.12. The largest absolute Gasteiger partial charge is 0.463 e. The van der Waals surface area contributed by atoms with Gasteiger partial charge in [-0.1, -0.05) is 18.2 Å². The summed E-state index contributed by atoms with van der Waals surface area (Å²) in [4.78, 5) is 22.0. The maximum Gasteiger partial charge on any atom is 0.303 e. The Kier molecular flexibility index (Phi) is 8.27. The molecule has 0 radical (unpaired) electrons. The summed E-state index contributed by atoms with van der Waals surface area (Å²) >= 11 is 0. The summed E-state index contributed by atoms with van der Waals surface area (Å²) in [5.74, 6) is -1.12. The topological polar surface area (TPSA) is 119 Å². The van der Waals surface area contributed by atoms with E-state index in [1.54, 1.807) is 30.3 Å². The van der Waals surface area contributed by atoms with Gasteiger partial charge in [0.2, 0.25) is 10.0 Å². The molecule has 0 bridgehead atoms. The Hall–Kier alpha value is -2.39. The smallest absolute Gasteiger partial charge is 0.303 e. The zero-order chi connectivity index (χ0) is 19.7. The molecule has 0 fully saturated rings. The molecular formula is C17H23NO7S. The van der Waals surface area contributed by atoms with Crippen LogP contribution >= 0.6 is 0 Å². The van der Waals surface area contributed by atoms with Gasteiger partial charge in [-0.15, -0.1) is 0 Å². The fraction of sp³-hybridized carbons (Fsp3) is 0.412. The van der Waals surface area contributed by atoms with Crippen molar-refractivity contribution in [3.05, 3.63) is 42.0 Å². The Bertz CT molecular complexity index is 741. The minimum Gasteiger partial charge on any atom is -0.463 e. The van der Waals surface area contributed by atoms with Crippen molar-refractivity contribution in [3.8, 4) is 0 Å². The lowest BCUT2D eigenvalue weighted by molar-refractivity contribution is -0.154. The molecule has 144 valence electrons. The van der Waals surface area contributed by atoms with Gasteiger partial charge in [-0.2, -0.15) is 0 Å². The SMILES string of the molecule is CC(=O)OC[C@@H](O)[C@H](/C=C/Cc1ccc(NS(C)(=O)=O)cc1)OC(C)=O. The number of esters is 2. The van der Waals surface area contributed by atoms with Crippen LogP contribution in [0.4, 0.5) is 5.69 Å². The monoisotopic (exact) mass is 385 g/mol. The van der Waals surface area contributed by atoms with Crippen LogP contribution in [0.15, 0.2) is 36.4 Å². The summed E-state index contributed by atoms with van der Waals surface area (Å²) in [5, 5.41) is 9.98. The highest BCUT2D eigenvalue weighted by atomic mass is 32.2. The first-order chi connectivity index (χ1) is 12.1. The molecule has 2 atom stereocenters. The molecule has 0 unspecified atom stereocenters. The summed E-state index contributed by atoms with van der Waals surface area (Å²) in [7, 11) is -3.33. The Balaban J connectivity index is 2.68. The number of anilines is 1. The van der Waals surface area contributed by atoms with Gasteiger partial charge in [0, 0.05) is 19.5 Å². The second-order valence-electron chi connectivity index (χ2n) is 5.65. The van der Waals surface area contributed by atoms with Gasteiger partial charge in [-0.3, -0.25) is 14.3 Å². The van der Waals surface area contributed by atoms with Gasteiger partial charge < -0.3 is 14.6 Å². The Labute approximate surface area is 152 Å². The number of aliphatic hydroxyl groups is 1. The summed E-state index contributed by atoms with van der Waals surface area (Å²) in [6.07, 6.45) is 2.62. The lowest BCUT2D eigenvalue weighted by Gasteiger charge is -2.19. The van der Waals surface area contributed by atoms with Gasteiger partial charge in [-0.25, -0.2) is 8.42 Å². The van der Waals surface area contributed by atoms with Crippen molar-refractivity contribution >= 4 is 27.6 Å². The average Bonchev–Trinajstić information content (AvgIpc) is 2.51. The molecule has 1 rings (SSSR count). The predicted octanol–water partition coefficient (Wildman–Crippen LogP) is 1.01. The standard InChI is InChI=1S/C17H23NO7S/c1-12(19)24-11-16(21)17(25-13(2)20)6-4-5-14-7-9-15(10-8-14)18-26(3,22)23/h4,6-10,16-18,21H,5,11H2,1-3H3/b6-4+/t16-,17+/m1/s1. The minimum absolute atomic E-state index is 0.288. The third kappa shape index (κ3) is 9.19.